The van der Waals surface area contributed by atoms with Crippen molar-refractivity contribution in [2.75, 3.05) is 74.6 Å². The first-order valence-electron chi connectivity index (χ1n) is 17.5. The molecular formula is C45H51N3O4Si2. The maximum absolute atomic E-state index is 5.89. The molecule has 0 rings (SSSR count). The third-order valence-electron chi connectivity index (χ3n) is 7.44. The molecule has 0 unspecified atom stereocenters. The van der Waals surface area contributed by atoms with Crippen LogP contribution in [0.1, 0.15) is 39.5 Å². The van der Waals surface area contributed by atoms with Gasteiger partial charge in [-0.2, -0.15) is 0 Å². The number of hydrogen-bond acceptors (Lipinski definition) is 7. The zero-order valence-corrected chi connectivity index (χ0v) is 35.5. The van der Waals surface area contributed by atoms with Crippen LogP contribution in [0.4, 0.5) is 0 Å². The zero-order chi connectivity index (χ0) is 40.0. The first-order valence-corrected chi connectivity index (χ1v) is 22.5. The molecule has 0 saturated carbocycles. The second-order valence-corrected chi connectivity index (χ2v) is 18.7. The summed E-state index contributed by atoms with van der Waals surface area (Å²) in [6.45, 7) is 13.5. The zero-order valence-electron chi connectivity index (χ0n) is 33.5. The molecule has 278 valence electrons. The van der Waals surface area contributed by atoms with E-state index in [0.29, 0.717) is 6.04 Å². The molecule has 0 amide bonds. The van der Waals surface area contributed by atoms with E-state index in [-0.39, 0.29) is 0 Å². The van der Waals surface area contributed by atoms with Gasteiger partial charge in [0.1, 0.15) is 12.2 Å². The lowest BCUT2D eigenvalue weighted by Gasteiger charge is -2.25. The highest BCUT2D eigenvalue weighted by Gasteiger charge is 2.34. The van der Waals surface area contributed by atoms with Crippen molar-refractivity contribution in [3.63, 3.8) is 0 Å². The summed E-state index contributed by atoms with van der Waals surface area (Å²) in [6.07, 6.45) is 9.44. The molecule has 0 aromatic heterocycles. The molecule has 54 heavy (non-hydrogen) atoms. The van der Waals surface area contributed by atoms with E-state index in [1.54, 1.807) is 28.1 Å². The fourth-order valence-corrected chi connectivity index (χ4v) is 7.17. The van der Waals surface area contributed by atoms with Gasteiger partial charge < -0.3 is 32.4 Å². The molecule has 0 radical (unpaired) electrons. The first kappa shape index (κ1) is 48.6. The van der Waals surface area contributed by atoms with E-state index in [1.807, 2.05) is 6.55 Å². The number of likely N-dealkylation sites (N-methyl/N-ethyl adjacent to an activating group) is 3. The summed E-state index contributed by atoms with van der Waals surface area (Å²) in [5.41, 5.74) is 0. The maximum atomic E-state index is 5.89. The van der Waals surface area contributed by atoms with Gasteiger partial charge in [0, 0.05) is 112 Å². The minimum atomic E-state index is -2.79. The van der Waals surface area contributed by atoms with Crippen LogP contribution in [0, 0.1) is 142 Å². The molecule has 9 heteroatoms. The normalized spacial score (nSPS) is 8.96. The summed E-state index contributed by atoms with van der Waals surface area (Å²) in [4.78, 5) is 7.14. The van der Waals surface area contributed by atoms with Gasteiger partial charge in [0.25, 0.3) is 0 Å². The van der Waals surface area contributed by atoms with Gasteiger partial charge in [0.15, 0.2) is 0 Å². The van der Waals surface area contributed by atoms with E-state index in [0.717, 1.165) is 71.0 Å². The summed E-state index contributed by atoms with van der Waals surface area (Å²) < 4.78 is 23.0. The van der Waals surface area contributed by atoms with E-state index in [2.05, 4.69) is 185 Å². The molecule has 0 aromatic rings. The van der Waals surface area contributed by atoms with E-state index in [4.69, 9.17) is 17.7 Å². The summed E-state index contributed by atoms with van der Waals surface area (Å²) in [5, 5.41) is 0. The molecular weight excluding hydrogens is 703 g/mol. The highest BCUT2D eigenvalue weighted by atomic mass is 28.4. The average Bonchev–Trinajstić information content (AvgIpc) is 3.17. The van der Waals surface area contributed by atoms with E-state index in [1.165, 1.54) is 0 Å². The van der Waals surface area contributed by atoms with Crippen molar-refractivity contribution >= 4 is 17.1 Å². The van der Waals surface area contributed by atoms with Gasteiger partial charge in [-0.05, 0) is 139 Å². The molecule has 0 atom stereocenters. The van der Waals surface area contributed by atoms with Crippen LogP contribution in [-0.2, 0) is 17.7 Å². The minimum Gasteiger partial charge on any atom is -0.462 e. The molecule has 7 nitrogen and oxygen atoms in total. The van der Waals surface area contributed by atoms with E-state index < -0.39 is 17.1 Å². The Balaban J connectivity index is 5.02. The summed E-state index contributed by atoms with van der Waals surface area (Å²) >= 11 is 0. The van der Waals surface area contributed by atoms with Crippen LogP contribution in [0.15, 0.2) is 0 Å². The van der Waals surface area contributed by atoms with Crippen molar-refractivity contribution in [1.29, 1.82) is 0 Å². The van der Waals surface area contributed by atoms with Crippen molar-refractivity contribution in [1.82, 2.24) is 14.7 Å². The first-order chi connectivity index (χ1) is 26.1. The average molecular weight is 754 g/mol. The second kappa shape index (κ2) is 33.4. The standard InChI is InChI=1S/C45H51N3O4Si2/c1-10-12-14-16-18-20-22-24-26-28-32-42-51-54(9,52-43-33-29-27-25-23-21-19-17-15-13-11-2)45-35-31-37-47(4)39-41-48(5)40-38-46(3)36-30-34-44-53(8,49-6)50-7/h30-31,34-41,44-45H2,1-9H3. The Hall–Kier alpha value is -5.45. The summed E-state index contributed by atoms with van der Waals surface area (Å²) in [6, 6.07) is 1.71. The van der Waals surface area contributed by atoms with Crippen LogP contribution >= 0.6 is 0 Å². The van der Waals surface area contributed by atoms with Gasteiger partial charge in [-0.1, -0.05) is 18.3 Å². The van der Waals surface area contributed by atoms with Gasteiger partial charge in [-0.25, -0.2) is 0 Å². The van der Waals surface area contributed by atoms with Crippen LogP contribution in [-0.4, -0.2) is 106 Å². The van der Waals surface area contributed by atoms with Crippen LogP contribution < -0.4 is 0 Å². The summed E-state index contributed by atoms with van der Waals surface area (Å²) in [5.74, 6) is 57.3. The third-order valence-corrected chi connectivity index (χ3v) is 12.8. The predicted molar refractivity (Wildman–Crippen MR) is 225 cm³/mol. The monoisotopic (exact) mass is 753 g/mol. The van der Waals surface area contributed by atoms with Gasteiger partial charge in [-0.3, -0.25) is 0 Å². The van der Waals surface area contributed by atoms with E-state index in [9.17, 15) is 0 Å². The molecule has 0 bridgehead atoms. The Labute approximate surface area is 330 Å². The molecule has 0 spiro atoms. The Kier molecular flexibility index (Phi) is 30.0. The molecule has 0 saturated heterocycles. The largest absolute Gasteiger partial charge is 0.474 e. The van der Waals surface area contributed by atoms with Crippen LogP contribution in [0.5, 0.6) is 0 Å². The number of nitrogens with zero attached hydrogens (tertiary/aromatic N) is 3. The van der Waals surface area contributed by atoms with Crippen molar-refractivity contribution in [3.8, 4) is 142 Å². The van der Waals surface area contributed by atoms with Gasteiger partial charge in [-0.15, -0.1) is 0 Å². The van der Waals surface area contributed by atoms with Crippen molar-refractivity contribution in [2.24, 2.45) is 0 Å². The van der Waals surface area contributed by atoms with E-state index >= 15 is 0 Å². The van der Waals surface area contributed by atoms with Crippen molar-refractivity contribution in [2.45, 2.75) is 64.7 Å². The Bertz CT molecular complexity index is 1840. The van der Waals surface area contributed by atoms with Crippen LogP contribution in [0.3, 0.4) is 0 Å². The number of unbranched alkanes of at least 4 members (excludes halogenated alkanes) is 2. The lowest BCUT2D eigenvalue weighted by Crippen LogP contribution is -2.37. The Morgan fingerprint density at radius 3 is 0.963 bits per heavy atom. The van der Waals surface area contributed by atoms with Crippen LogP contribution in [0.25, 0.3) is 0 Å². The smallest absolute Gasteiger partial charge is 0.462 e. The predicted octanol–water partition coefficient (Wildman–Crippen LogP) is 3.81. The highest BCUT2D eigenvalue weighted by molar-refractivity contribution is 6.66. The van der Waals surface area contributed by atoms with Gasteiger partial charge >= 0.3 is 17.1 Å². The molecule has 0 N–H and O–H groups in total. The van der Waals surface area contributed by atoms with Gasteiger partial charge in [0.2, 0.25) is 0 Å². The van der Waals surface area contributed by atoms with Crippen LogP contribution in [0.2, 0.25) is 25.2 Å². The third kappa shape index (κ3) is 30.2. The van der Waals surface area contributed by atoms with Crippen molar-refractivity contribution < 1.29 is 17.7 Å². The molecule has 0 aliphatic rings. The SMILES string of the molecule is CC#CC#CC#CC#CC#CC#CO[Si](C)(CCCCN(C)CCN(C)CCN(C)CCCC[Si](C)(OC)OC)OC#CC#CC#CC#CC#CC#CC. The molecule has 0 heterocycles. The molecule has 0 aliphatic carbocycles. The summed E-state index contributed by atoms with van der Waals surface area (Å²) in [7, 11) is 5.28. The Morgan fingerprint density at radius 2 is 0.648 bits per heavy atom. The highest BCUT2D eigenvalue weighted by Crippen LogP contribution is 2.17. The molecule has 0 aliphatic heterocycles. The minimum absolute atomic E-state index is 0.688. The van der Waals surface area contributed by atoms with Gasteiger partial charge in [0.05, 0.1) is 0 Å². The number of rotatable bonds is 20. The lowest BCUT2D eigenvalue weighted by molar-refractivity contribution is 0.222. The fourth-order valence-electron chi connectivity index (χ4n) is 4.03. The number of hydrogen-bond donors (Lipinski definition) is 0. The quantitative estimate of drug-likeness (QED) is 0.107. The lowest BCUT2D eigenvalue weighted by atomic mass is 10.3. The topological polar surface area (TPSA) is 46.6 Å². The maximum Gasteiger partial charge on any atom is 0.474 e. The molecule has 0 fully saturated rings. The molecule has 0 aromatic carbocycles. The second-order valence-electron chi connectivity index (χ2n) is 11.9. The van der Waals surface area contributed by atoms with Crippen molar-refractivity contribution in [3.05, 3.63) is 0 Å². The Morgan fingerprint density at radius 1 is 0.370 bits per heavy atom. The fraction of sp³-hybridized carbons (Fsp3) is 0.467.